The number of aryl methyl sites for hydroxylation is 1. The average Bonchev–Trinajstić information content (AvgIpc) is 2.59. The van der Waals surface area contributed by atoms with Gasteiger partial charge in [0.15, 0.2) is 5.78 Å². The normalized spacial score (nSPS) is 17.0. The number of carbonyl (C=O) groups is 1. The van der Waals surface area contributed by atoms with Gasteiger partial charge in [-0.1, -0.05) is 61.9 Å². The highest BCUT2D eigenvalue weighted by molar-refractivity contribution is 6.08. The van der Waals surface area contributed by atoms with Crippen LogP contribution in [-0.4, -0.2) is 11.3 Å². The van der Waals surface area contributed by atoms with Crippen LogP contribution in [-0.2, 0) is 12.8 Å². The lowest BCUT2D eigenvalue weighted by Gasteiger charge is -2.35. The fraction of sp³-hybridized carbons (Fsp3) is 0.348. The van der Waals surface area contributed by atoms with Crippen molar-refractivity contribution in [1.29, 1.82) is 0 Å². The number of allylic oxidation sites excluding steroid dienone is 1. The van der Waals surface area contributed by atoms with Crippen LogP contribution in [0.1, 0.15) is 60.7 Å². The van der Waals surface area contributed by atoms with Crippen molar-refractivity contribution in [3.63, 3.8) is 0 Å². The third kappa shape index (κ3) is 4.19. The third-order valence-corrected chi connectivity index (χ3v) is 4.75. The number of carbonyl (C=O) groups excluding carboxylic acids is 1. The Morgan fingerprint density at radius 3 is 2.56 bits per heavy atom. The number of fused-ring (bicyclic) bond motifs is 1. The highest BCUT2D eigenvalue weighted by atomic mass is 16.1. The monoisotopic (exact) mass is 333 g/mol. The van der Waals surface area contributed by atoms with Gasteiger partial charge in [0, 0.05) is 28.4 Å². The summed E-state index contributed by atoms with van der Waals surface area (Å²) in [5.41, 5.74) is 5.34. The van der Waals surface area contributed by atoms with Gasteiger partial charge in [0.05, 0.1) is 0 Å². The zero-order chi connectivity index (χ0) is 17.9. The Hall–Kier alpha value is -2.35. The molecule has 0 fully saturated rings. The Balaban J connectivity index is 1.85. The van der Waals surface area contributed by atoms with Crippen LogP contribution in [0.15, 0.2) is 54.6 Å². The Morgan fingerprint density at radius 2 is 1.84 bits per heavy atom. The Labute approximate surface area is 151 Å². The van der Waals surface area contributed by atoms with Gasteiger partial charge in [0.1, 0.15) is 0 Å². The molecule has 0 bridgehead atoms. The molecule has 3 rings (SSSR count). The predicted molar refractivity (Wildman–Crippen MR) is 105 cm³/mol. The highest BCUT2D eigenvalue weighted by Crippen LogP contribution is 2.29. The summed E-state index contributed by atoms with van der Waals surface area (Å²) in [5.74, 6) is 0.0528. The van der Waals surface area contributed by atoms with Crippen molar-refractivity contribution >= 4 is 11.5 Å². The molecule has 2 aromatic rings. The second-order valence-corrected chi connectivity index (χ2v) is 7.57. The molecule has 1 aliphatic rings. The van der Waals surface area contributed by atoms with E-state index in [1.165, 1.54) is 24.0 Å². The molecule has 0 spiro atoms. The van der Waals surface area contributed by atoms with E-state index < -0.39 is 0 Å². The minimum Gasteiger partial charge on any atom is -0.379 e. The van der Waals surface area contributed by atoms with Gasteiger partial charge in [0.2, 0.25) is 0 Å². The minimum absolute atomic E-state index is 0.0511. The summed E-state index contributed by atoms with van der Waals surface area (Å²) >= 11 is 0. The molecule has 130 valence electrons. The van der Waals surface area contributed by atoms with Crippen molar-refractivity contribution in [2.45, 2.75) is 52.0 Å². The molecular formula is C23H27NO. The molecule has 0 saturated heterocycles. The Bertz CT molecular complexity index is 784. The molecule has 0 unspecified atom stereocenters. The maximum atomic E-state index is 12.7. The number of benzene rings is 2. The van der Waals surface area contributed by atoms with Crippen LogP contribution in [0.2, 0.25) is 0 Å². The van der Waals surface area contributed by atoms with E-state index in [0.717, 1.165) is 29.7 Å². The summed E-state index contributed by atoms with van der Waals surface area (Å²) in [6.07, 6.45) is 6.16. The lowest BCUT2D eigenvalue weighted by molar-refractivity contribution is 0.104. The molecule has 0 atom stereocenters. The maximum absolute atomic E-state index is 12.7. The lowest BCUT2D eigenvalue weighted by Crippen LogP contribution is -2.43. The molecule has 2 heteroatoms. The van der Waals surface area contributed by atoms with Crippen molar-refractivity contribution in [1.82, 2.24) is 5.32 Å². The van der Waals surface area contributed by atoms with Crippen LogP contribution in [0.4, 0.5) is 0 Å². The molecular weight excluding hydrogens is 306 g/mol. The average molecular weight is 333 g/mol. The summed E-state index contributed by atoms with van der Waals surface area (Å²) in [7, 11) is 0. The van der Waals surface area contributed by atoms with E-state index in [1.807, 2.05) is 18.2 Å². The summed E-state index contributed by atoms with van der Waals surface area (Å²) in [6.45, 7) is 6.54. The van der Waals surface area contributed by atoms with E-state index in [9.17, 15) is 4.79 Å². The molecule has 25 heavy (non-hydrogen) atoms. The van der Waals surface area contributed by atoms with Gasteiger partial charge in [-0.15, -0.1) is 0 Å². The van der Waals surface area contributed by atoms with E-state index >= 15 is 0 Å². The van der Waals surface area contributed by atoms with Crippen LogP contribution < -0.4 is 5.32 Å². The van der Waals surface area contributed by atoms with Gasteiger partial charge in [-0.2, -0.15) is 0 Å². The molecule has 1 N–H and O–H groups in total. The van der Waals surface area contributed by atoms with E-state index in [2.05, 4.69) is 56.4 Å². The number of hydrogen-bond acceptors (Lipinski definition) is 2. The highest BCUT2D eigenvalue weighted by Gasteiger charge is 2.27. The van der Waals surface area contributed by atoms with Crippen molar-refractivity contribution in [2.75, 3.05) is 0 Å². The zero-order valence-electron chi connectivity index (χ0n) is 15.4. The first-order valence-electron chi connectivity index (χ1n) is 9.20. The Morgan fingerprint density at radius 1 is 1.12 bits per heavy atom. The standard InChI is InChI=1S/C23H27NO/c1-4-5-8-17-11-13-18(14-12-17)22(25)15-21-20-10-7-6-9-19(20)16-23(2,3)24-21/h6-7,9-15,24H,4-5,8,16H2,1-3H3/b21-15+. The number of unbranched alkanes of at least 4 members (excludes halogenated alkanes) is 1. The first-order valence-corrected chi connectivity index (χ1v) is 9.20. The Kier molecular flexibility index (Phi) is 5.08. The molecule has 2 nitrogen and oxygen atoms in total. The van der Waals surface area contributed by atoms with Gasteiger partial charge in [-0.3, -0.25) is 4.79 Å². The smallest absolute Gasteiger partial charge is 0.187 e. The van der Waals surface area contributed by atoms with Crippen molar-refractivity contribution in [3.05, 3.63) is 76.9 Å². The summed E-state index contributed by atoms with van der Waals surface area (Å²) < 4.78 is 0. The van der Waals surface area contributed by atoms with Gasteiger partial charge in [0.25, 0.3) is 0 Å². The summed E-state index contributed by atoms with van der Waals surface area (Å²) in [6, 6.07) is 16.4. The SMILES string of the molecule is CCCCc1ccc(C(=O)/C=C2/NC(C)(C)Cc3ccccc32)cc1. The zero-order valence-corrected chi connectivity index (χ0v) is 15.4. The second-order valence-electron chi connectivity index (χ2n) is 7.57. The molecule has 2 aromatic carbocycles. The first kappa shape index (κ1) is 17.5. The van der Waals surface area contributed by atoms with Gasteiger partial charge >= 0.3 is 0 Å². The molecule has 0 radical (unpaired) electrons. The third-order valence-electron chi connectivity index (χ3n) is 4.75. The van der Waals surface area contributed by atoms with Gasteiger partial charge in [-0.25, -0.2) is 0 Å². The van der Waals surface area contributed by atoms with Crippen molar-refractivity contribution < 1.29 is 4.79 Å². The predicted octanol–water partition coefficient (Wildman–Crippen LogP) is 5.18. The van der Waals surface area contributed by atoms with Crippen molar-refractivity contribution in [2.24, 2.45) is 0 Å². The quantitative estimate of drug-likeness (QED) is 0.603. The lowest BCUT2D eigenvalue weighted by atomic mass is 9.85. The molecule has 0 amide bonds. The van der Waals surface area contributed by atoms with E-state index in [-0.39, 0.29) is 11.3 Å². The number of nitrogens with one attached hydrogen (secondary N) is 1. The second kappa shape index (κ2) is 7.26. The molecule has 0 aromatic heterocycles. The van der Waals surface area contributed by atoms with Crippen LogP contribution in [0.25, 0.3) is 5.70 Å². The van der Waals surface area contributed by atoms with E-state index in [4.69, 9.17) is 0 Å². The number of ketones is 1. The fourth-order valence-electron chi connectivity index (χ4n) is 3.43. The number of hydrogen-bond donors (Lipinski definition) is 1. The van der Waals surface area contributed by atoms with Crippen LogP contribution in [0.5, 0.6) is 0 Å². The largest absolute Gasteiger partial charge is 0.379 e. The molecule has 1 aliphatic heterocycles. The maximum Gasteiger partial charge on any atom is 0.187 e. The topological polar surface area (TPSA) is 29.1 Å². The number of rotatable bonds is 5. The molecule has 1 heterocycles. The molecule has 0 aliphatic carbocycles. The van der Waals surface area contributed by atoms with Gasteiger partial charge in [-0.05, 0) is 44.2 Å². The van der Waals surface area contributed by atoms with E-state index in [0.29, 0.717) is 0 Å². The minimum atomic E-state index is -0.0511. The molecule has 0 saturated carbocycles. The van der Waals surface area contributed by atoms with Gasteiger partial charge < -0.3 is 5.32 Å². The van der Waals surface area contributed by atoms with Crippen LogP contribution in [0.3, 0.4) is 0 Å². The van der Waals surface area contributed by atoms with E-state index in [1.54, 1.807) is 6.08 Å². The van der Waals surface area contributed by atoms with Crippen LogP contribution >= 0.6 is 0 Å². The summed E-state index contributed by atoms with van der Waals surface area (Å²) in [4.78, 5) is 12.7. The van der Waals surface area contributed by atoms with Crippen molar-refractivity contribution in [3.8, 4) is 0 Å². The fourth-order valence-corrected chi connectivity index (χ4v) is 3.43. The van der Waals surface area contributed by atoms with Crippen LogP contribution in [0, 0.1) is 0 Å². The first-order chi connectivity index (χ1) is 12.0. The summed E-state index contributed by atoms with van der Waals surface area (Å²) in [5, 5.41) is 3.53.